The Morgan fingerprint density at radius 2 is 2.17 bits per heavy atom. The first-order chi connectivity index (χ1) is 14.8. The van der Waals surface area contributed by atoms with Crippen molar-refractivity contribution in [2.24, 2.45) is 0 Å². The third-order valence-electron chi connectivity index (χ3n) is 5.58. The van der Waals surface area contributed by atoms with Crippen molar-refractivity contribution in [2.45, 2.75) is 49.9 Å². The van der Waals surface area contributed by atoms with Gasteiger partial charge >= 0.3 is 0 Å². The molecule has 1 amide bonds. The molecule has 3 heterocycles. The largest absolute Gasteiger partial charge is 0.376 e. The summed E-state index contributed by atoms with van der Waals surface area (Å²) in [6.45, 7) is 1.53. The van der Waals surface area contributed by atoms with Crippen LogP contribution in [0.2, 0.25) is 0 Å². The number of thioether (sulfide) groups is 1. The second kappa shape index (κ2) is 8.91. The Hall–Kier alpha value is -2.16. The lowest BCUT2D eigenvalue weighted by Crippen LogP contribution is -2.18. The molecule has 1 unspecified atom stereocenters. The first kappa shape index (κ1) is 19.8. The zero-order valence-corrected chi connectivity index (χ0v) is 18.3. The van der Waals surface area contributed by atoms with Crippen LogP contribution in [0.15, 0.2) is 40.9 Å². The second-order valence-electron chi connectivity index (χ2n) is 7.70. The molecule has 0 saturated carbocycles. The van der Waals surface area contributed by atoms with Gasteiger partial charge in [0.1, 0.15) is 0 Å². The molecular weight excluding hydrogens is 416 g/mol. The van der Waals surface area contributed by atoms with Gasteiger partial charge in [-0.1, -0.05) is 23.9 Å². The van der Waals surface area contributed by atoms with Crippen molar-refractivity contribution in [1.82, 2.24) is 14.8 Å². The molecule has 1 atom stereocenters. The summed E-state index contributed by atoms with van der Waals surface area (Å²) < 4.78 is 7.94. The number of thiophene rings is 1. The third kappa shape index (κ3) is 4.31. The van der Waals surface area contributed by atoms with E-state index in [1.165, 1.54) is 29.3 Å². The summed E-state index contributed by atoms with van der Waals surface area (Å²) in [6, 6.07) is 10.3. The molecule has 1 aliphatic heterocycles. The number of hydrogen-bond donors (Lipinski definition) is 1. The number of hydrogen-bond acceptors (Lipinski definition) is 6. The van der Waals surface area contributed by atoms with Crippen LogP contribution in [0.5, 0.6) is 0 Å². The maximum absolute atomic E-state index is 12.6. The number of ether oxygens (including phenoxy) is 1. The monoisotopic (exact) mass is 440 g/mol. The molecule has 1 saturated heterocycles. The summed E-state index contributed by atoms with van der Waals surface area (Å²) in [5, 5.41) is 14.6. The molecule has 1 N–H and O–H groups in total. The Balaban J connectivity index is 1.27. The van der Waals surface area contributed by atoms with Crippen molar-refractivity contribution in [3.05, 3.63) is 46.8 Å². The predicted molar refractivity (Wildman–Crippen MR) is 120 cm³/mol. The summed E-state index contributed by atoms with van der Waals surface area (Å²) in [7, 11) is 0. The minimum Gasteiger partial charge on any atom is -0.376 e. The highest BCUT2D eigenvalue weighted by Gasteiger charge is 2.22. The van der Waals surface area contributed by atoms with Gasteiger partial charge in [0, 0.05) is 12.3 Å². The predicted octanol–water partition coefficient (Wildman–Crippen LogP) is 4.41. The summed E-state index contributed by atoms with van der Waals surface area (Å²) >= 11 is 3.07. The number of carbonyl (C=O) groups is 1. The minimum atomic E-state index is -0.0257. The number of amides is 1. The van der Waals surface area contributed by atoms with Crippen molar-refractivity contribution < 1.29 is 9.53 Å². The zero-order valence-electron chi connectivity index (χ0n) is 16.7. The average molecular weight is 441 g/mol. The normalized spacial score (nSPS) is 17.9. The molecule has 2 aromatic heterocycles. The summed E-state index contributed by atoms with van der Waals surface area (Å²) in [4.78, 5) is 13.6. The van der Waals surface area contributed by atoms with Gasteiger partial charge in [0.15, 0.2) is 11.0 Å². The van der Waals surface area contributed by atoms with Crippen LogP contribution in [0.4, 0.5) is 5.69 Å². The van der Waals surface area contributed by atoms with Crippen LogP contribution in [-0.2, 0) is 28.9 Å². The van der Waals surface area contributed by atoms with E-state index >= 15 is 0 Å². The molecule has 2 aliphatic rings. The molecule has 1 fully saturated rings. The summed E-state index contributed by atoms with van der Waals surface area (Å²) in [5.74, 6) is 1.12. The molecule has 156 valence electrons. The van der Waals surface area contributed by atoms with Crippen LogP contribution >= 0.6 is 23.1 Å². The Kier molecular flexibility index (Phi) is 5.88. The highest BCUT2D eigenvalue weighted by molar-refractivity contribution is 7.99. The van der Waals surface area contributed by atoms with Crippen molar-refractivity contribution in [1.29, 1.82) is 0 Å². The number of rotatable bonds is 7. The summed E-state index contributed by atoms with van der Waals surface area (Å²) in [5.41, 5.74) is 3.64. The number of carbonyl (C=O) groups excluding carboxylic acids is 1. The van der Waals surface area contributed by atoms with Gasteiger partial charge < -0.3 is 10.1 Å². The maximum Gasteiger partial charge on any atom is 0.234 e. The second-order valence-corrected chi connectivity index (χ2v) is 9.59. The summed E-state index contributed by atoms with van der Waals surface area (Å²) in [6.07, 6.45) is 5.77. The number of aryl methyl sites for hydroxylation is 2. The zero-order chi connectivity index (χ0) is 20.3. The van der Waals surface area contributed by atoms with Crippen LogP contribution in [-0.4, -0.2) is 39.1 Å². The molecule has 0 bridgehead atoms. The van der Waals surface area contributed by atoms with E-state index in [1.807, 2.05) is 17.5 Å². The number of fused-ring (bicyclic) bond motifs is 1. The molecule has 0 spiro atoms. The number of nitrogens with one attached hydrogen (secondary N) is 1. The van der Waals surface area contributed by atoms with Gasteiger partial charge in [-0.3, -0.25) is 9.36 Å². The number of benzene rings is 1. The highest BCUT2D eigenvalue weighted by Crippen LogP contribution is 2.29. The molecule has 1 aliphatic carbocycles. The molecule has 30 heavy (non-hydrogen) atoms. The van der Waals surface area contributed by atoms with Gasteiger partial charge in [0.2, 0.25) is 5.91 Å². The Bertz CT molecular complexity index is 1030. The van der Waals surface area contributed by atoms with Gasteiger partial charge in [-0.05, 0) is 66.8 Å². The quantitative estimate of drug-likeness (QED) is 0.551. The number of aromatic nitrogens is 3. The van der Waals surface area contributed by atoms with Crippen LogP contribution in [0.3, 0.4) is 0 Å². The van der Waals surface area contributed by atoms with Crippen LogP contribution in [0, 0.1) is 0 Å². The van der Waals surface area contributed by atoms with E-state index in [1.54, 1.807) is 11.3 Å². The highest BCUT2D eigenvalue weighted by atomic mass is 32.2. The van der Waals surface area contributed by atoms with Gasteiger partial charge in [-0.15, -0.1) is 21.5 Å². The molecule has 6 nitrogen and oxygen atoms in total. The van der Waals surface area contributed by atoms with E-state index in [4.69, 9.17) is 4.74 Å². The molecule has 5 rings (SSSR count). The van der Waals surface area contributed by atoms with Crippen LogP contribution in [0.25, 0.3) is 10.7 Å². The van der Waals surface area contributed by atoms with E-state index in [9.17, 15) is 4.79 Å². The van der Waals surface area contributed by atoms with Crippen LogP contribution in [0.1, 0.15) is 30.4 Å². The number of anilines is 1. The third-order valence-corrected chi connectivity index (χ3v) is 7.42. The van der Waals surface area contributed by atoms with Crippen molar-refractivity contribution >= 4 is 34.7 Å². The lowest BCUT2D eigenvalue weighted by molar-refractivity contribution is -0.113. The van der Waals surface area contributed by atoms with E-state index in [-0.39, 0.29) is 12.0 Å². The Morgan fingerprint density at radius 1 is 1.23 bits per heavy atom. The minimum absolute atomic E-state index is 0.0257. The maximum atomic E-state index is 12.6. The lowest BCUT2D eigenvalue weighted by atomic mass is 10.1. The van der Waals surface area contributed by atoms with E-state index < -0.39 is 0 Å². The standard InChI is InChI=1S/C22H24N4O2S2/c27-20(23-17-9-8-15-4-1-5-16(15)12-17)14-30-22-25-24-21(19-7-3-11-29-19)26(22)13-18-6-2-10-28-18/h3,7-9,11-12,18H,1-2,4-6,10,13-14H2,(H,23,27). The first-order valence-corrected chi connectivity index (χ1v) is 12.3. The number of nitrogens with zero attached hydrogens (tertiary/aromatic N) is 3. The SMILES string of the molecule is O=C(CSc1nnc(-c2cccs2)n1CC1CCCO1)Nc1ccc2c(c1)CCC2. The smallest absolute Gasteiger partial charge is 0.234 e. The molecular formula is C22H24N4O2S2. The fraction of sp³-hybridized carbons (Fsp3) is 0.409. The Morgan fingerprint density at radius 3 is 3.00 bits per heavy atom. The fourth-order valence-corrected chi connectivity index (χ4v) is 5.58. The molecule has 3 aromatic rings. The van der Waals surface area contributed by atoms with Gasteiger partial charge in [0.25, 0.3) is 0 Å². The van der Waals surface area contributed by atoms with E-state index in [0.717, 1.165) is 60.4 Å². The molecule has 8 heteroatoms. The van der Waals surface area contributed by atoms with Gasteiger partial charge in [-0.2, -0.15) is 0 Å². The van der Waals surface area contributed by atoms with Gasteiger partial charge in [-0.25, -0.2) is 0 Å². The van der Waals surface area contributed by atoms with Crippen molar-refractivity contribution in [3.63, 3.8) is 0 Å². The molecule has 0 radical (unpaired) electrons. The van der Waals surface area contributed by atoms with Crippen LogP contribution < -0.4 is 5.32 Å². The van der Waals surface area contributed by atoms with E-state index in [2.05, 4.69) is 38.3 Å². The average Bonchev–Trinajstić information content (AvgIpc) is 3.53. The lowest BCUT2D eigenvalue weighted by Gasteiger charge is -2.14. The topological polar surface area (TPSA) is 69.0 Å². The van der Waals surface area contributed by atoms with Gasteiger partial charge in [0.05, 0.1) is 23.3 Å². The van der Waals surface area contributed by atoms with E-state index in [0.29, 0.717) is 5.75 Å². The fourth-order valence-electron chi connectivity index (χ4n) is 4.12. The van der Waals surface area contributed by atoms with Crippen molar-refractivity contribution in [2.75, 3.05) is 17.7 Å². The van der Waals surface area contributed by atoms with Crippen molar-refractivity contribution in [3.8, 4) is 10.7 Å². The molecule has 1 aromatic carbocycles. The first-order valence-electron chi connectivity index (χ1n) is 10.4. The Labute approximate surface area is 184 Å².